The first-order valence-electron chi connectivity index (χ1n) is 10.7. The minimum Gasteiger partial charge on any atom is -0.369 e. The first-order chi connectivity index (χ1) is 14.1. The molecule has 0 atom stereocenters. The number of rotatable bonds is 6. The first-order valence-corrected chi connectivity index (χ1v) is 10.7. The van der Waals surface area contributed by atoms with Crippen LogP contribution in [0.25, 0.3) is 0 Å². The molecule has 0 unspecified atom stereocenters. The van der Waals surface area contributed by atoms with Crippen LogP contribution in [0.3, 0.4) is 0 Å². The van der Waals surface area contributed by atoms with Gasteiger partial charge < -0.3 is 15.1 Å². The lowest BCUT2D eigenvalue weighted by molar-refractivity contribution is -0.119. The molecule has 1 aromatic heterocycles. The van der Waals surface area contributed by atoms with Gasteiger partial charge in [-0.3, -0.25) is 4.79 Å². The summed E-state index contributed by atoms with van der Waals surface area (Å²) in [5.74, 6) is 0.0762. The van der Waals surface area contributed by atoms with E-state index in [0.717, 1.165) is 57.5 Å². The lowest BCUT2D eigenvalue weighted by Crippen LogP contribution is -2.44. The number of piperazine rings is 1. The molecule has 1 saturated carbocycles. The van der Waals surface area contributed by atoms with E-state index in [0.29, 0.717) is 13.0 Å². The summed E-state index contributed by atoms with van der Waals surface area (Å²) in [5, 5.41) is 14.6. The molecule has 2 heterocycles. The number of carbonyl (C=O) groups is 1. The van der Waals surface area contributed by atoms with E-state index < -0.39 is 0 Å². The first kappa shape index (κ1) is 19.8. The number of hydrogen-bond donors (Lipinski definition) is 1. The maximum Gasteiger partial charge on any atom is 0.224 e. The molecule has 1 aromatic carbocycles. The summed E-state index contributed by atoms with van der Waals surface area (Å²) in [6, 6.07) is 8.25. The zero-order valence-corrected chi connectivity index (χ0v) is 17.3. The molecule has 1 aliphatic carbocycles. The Hall–Kier alpha value is -2.48. The molecule has 0 radical (unpaired) electrons. The van der Waals surface area contributed by atoms with Crippen LogP contribution in [0.1, 0.15) is 38.5 Å². The Balaban J connectivity index is 1.36. The molecule has 156 valence electrons. The van der Waals surface area contributed by atoms with Crippen molar-refractivity contribution >= 4 is 17.3 Å². The molecule has 2 fully saturated rings. The largest absolute Gasteiger partial charge is 0.369 e. The number of benzene rings is 1. The molecular weight excluding hydrogens is 366 g/mol. The lowest BCUT2D eigenvalue weighted by atomic mass is 9.71. The van der Waals surface area contributed by atoms with Crippen LogP contribution in [0, 0.1) is 5.41 Å². The van der Waals surface area contributed by atoms with Crippen molar-refractivity contribution in [3.63, 3.8) is 0 Å². The monoisotopic (exact) mass is 397 g/mol. The summed E-state index contributed by atoms with van der Waals surface area (Å²) in [4.78, 5) is 17.6. The van der Waals surface area contributed by atoms with E-state index in [9.17, 15) is 4.79 Å². The second kappa shape index (κ2) is 8.90. The highest BCUT2D eigenvalue weighted by Gasteiger charge is 2.35. The lowest BCUT2D eigenvalue weighted by Gasteiger charge is -2.36. The van der Waals surface area contributed by atoms with Gasteiger partial charge in [-0.25, -0.2) is 4.68 Å². The Labute approximate surface area is 172 Å². The van der Waals surface area contributed by atoms with Gasteiger partial charge in [0.25, 0.3) is 0 Å². The maximum atomic E-state index is 12.8. The van der Waals surface area contributed by atoms with E-state index in [1.165, 1.54) is 12.1 Å². The normalized spacial score (nSPS) is 19.8. The third-order valence-corrected chi connectivity index (χ3v) is 6.36. The average Bonchev–Trinajstić information content (AvgIpc) is 3.22. The van der Waals surface area contributed by atoms with Crippen LogP contribution < -0.4 is 10.2 Å². The van der Waals surface area contributed by atoms with E-state index in [1.54, 1.807) is 11.0 Å². The van der Waals surface area contributed by atoms with Crippen molar-refractivity contribution in [1.29, 1.82) is 0 Å². The fourth-order valence-electron chi connectivity index (χ4n) is 4.65. The Morgan fingerprint density at radius 3 is 2.45 bits per heavy atom. The number of nitrogens with zero attached hydrogens (tertiary/aromatic N) is 6. The molecule has 1 N–H and O–H groups in total. The molecule has 2 aromatic rings. The third-order valence-electron chi connectivity index (χ3n) is 6.36. The van der Waals surface area contributed by atoms with Gasteiger partial charge in [-0.15, -0.1) is 5.10 Å². The second-order valence-corrected chi connectivity index (χ2v) is 8.63. The summed E-state index contributed by atoms with van der Waals surface area (Å²) >= 11 is 0. The van der Waals surface area contributed by atoms with Crippen LogP contribution in [0.5, 0.6) is 0 Å². The number of anilines is 2. The Morgan fingerprint density at radius 2 is 1.79 bits per heavy atom. The predicted octanol–water partition coefficient (Wildman–Crippen LogP) is 2.40. The molecule has 2 aliphatic rings. The van der Waals surface area contributed by atoms with Gasteiger partial charge in [0.2, 0.25) is 5.91 Å². The highest BCUT2D eigenvalue weighted by atomic mass is 16.1. The zero-order valence-electron chi connectivity index (χ0n) is 17.3. The highest BCUT2D eigenvalue weighted by Crippen LogP contribution is 2.41. The molecular formula is C21H31N7O. The van der Waals surface area contributed by atoms with Crippen LogP contribution in [0.15, 0.2) is 30.6 Å². The minimum absolute atomic E-state index is 0.0581. The summed E-state index contributed by atoms with van der Waals surface area (Å²) in [6.07, 6.45) is 7.81. The van der Waals surface area contributed by atoms with Crippen molar-refractivity contribution < 1.29 is 4.79 Å². The number of hydrogen-bond acceptors (Lipinski definition) is 6. The van der Waals surface area contributed by atoms with Crippen LogP contribution in [0.4, 0.5) is 11.4 Å². The van der Waals surface area contributed by atoms with E-state index >= 15 is 0 Å². The fraction of sp³-hybridized carbons (Fsp3) is 0.619. The molecule has 0 spiro atoms. The summed E-state index contributed by atoms with van der Waals surface area (Å²) in [7, 11) is 2.16. The van der Waals surface area contributed by atoms with Crippen LogP contribution >= 0.6 is 0 Å². The summed E-state index contributed by atoms with van der Waals surface area (Å²) in [5.41, 5.74) is 2.03. The van der Waals surface area contributed by atoms with Gasteiger partial charge in [0.15, 0.2) is 0 Å². The molecule has 1 amide bonds. The smallest absolute Gasteiger partial charge is 0.224 e. The standard InChI is InChI=1S/C21H31N7O/c1-26-11-13-27(14-12-26)19-7-5-18(6-8-19)23-20(29)15-21(9-3-2-4-10-21)16-28-17-22-24-25-28/h5-8,17H,2-4,9-16H2,1H3,(H,23,29). The Morgan fingerprint density at radius 1 is 1.07 bits per heavy atom. The van der Waals surface area contributed by atoms with Gasteiger partial charge in [0.1, 0.15) is 6.33 Å². The molecule has 8 heteroatoms. The zero-order chi connectivity index (χ0) is 20.1. The fourth-order valence-corrected chi connectivity index (χ4v) is 4.65. The molecule has 1 saturated heterocycles. The van der Waals surface area contributed by atoms with Gasteiger partial charge in [-0.2, -0.15) is 0 Å². The SMILES string of the molecule is CN1CCN(c2ccc(NC(=O)CC3(Cn4cnnn4)CCCCC3)cc2)CC1. The van der Waals surface area contributed by atoms with Gasteiger partial charge >= 0.3 is 0 Å². The van der Waals surface area contributed by atoms with Crippen molar-refractivity contribution in [1.82, 2.24) is 25.1 Å². The highest BCUT2D eigenvalue weighted by molar-refractivity contribution is 5.91. The van der Waals surface area contributed by atoms with E-state index in [1.807, 2.05) is 12.1 Å². The van der Waals surface area contributed by atoms with Gasteiger partial charge in [-0.1, -0.05) is 19.3 Å². The number of nitrogens with one attached hydrogen (secondary N) is 1. The van der Waals surface area contributed by atoms with Crippen LogP contribution in [-0.2, 0) is 11.3 Å². The quantitative estimate of drug-likeness (QED) is 0.806. The van der Waals surface area contributed by atoms with Crippen molar-refractivity contribution in [3.8, 4) is 0 Å². The molecule has 1 aliphatic heterocycles. The molecule has 8 nitrogen and oxygen atoms in total. The van der Waals surface area contributed by atoms with Crippen molar-refractivity contribution in [2.24, 2.45) is 5.41 Å². The van der Waals surface area contributed by atoms with E-state index in [-0.39, 0.29) is 11.3 Å². The van der Waals surface area contributed by atoms with Crippen molar-refractivity contribution in [2.75, 3.05) is 43.4 Å². The summed E-state index contributed by atoms with van der Waals surface area (Å²) in [6.45, 7) is 4.96. The third kappa shape index (κ3) is 5.12. The number of likely N-dealkylation sites (N-methyl/N-ethyl adjacent to an activating group) is 1. The molecule has 29 heavy (non-hydrogen) atoms. The van der Waals surface area contributed by atoms with Gasteiger partial charge in [0, 0.05) is 44.0 Å². The van der Waals surface area contributed by atoms with Gasteiger partial charge in [-0.05, 0) is 60.0 Å². The van der Waals surface area contributed by atoms with E-state index in [2.05, 4.69) is 49.8 Å². The number of aromatic nitrogens is 4. The van der Waals surface area contributed by atoms with E-state index in [4.69, 9.17) is 0 Å². The maximum absolute atomic E-state index is 12.8. The van der Waals surface area contributed by atoms with Crippen LogP contribution in [0.2, 0.25) is 0 Å². The number of tetrazole rings is 1. The molecule has 0 bridgehead atoms. The summed E-state index contributed by atoms with van der Waals surface area (Å²) < 4.78 is 1.77. The number of carbonyl (C=O) groups excluding carboxylic acids is 1. The number of amides is 1. The molecule has 4 rings (SSSR count). The predicted molar refractivity (Wildman–Crippen MR) is 113 cm³/mol. The van der Waals surface area contributed by atoms with Crippen LogP contribution in [-0.4, -0.2) is 64.2 Å². The Bertz CT molecular complexity index is 776. The van der Waals surface area contributed by atoms with Gasteiger partial charge in [0.05, 0.1) is 6.54 Å². The average molecular weight is 398 g/mol. The second-order valence-electron chi connectivity index (χ2n) is 8.63. The van der Waals surface area contributed by atoms with Crippen molar-refractivity contribution in [3.05, 3.63) is 30.6 Å². The van der Waals surface area contributed by atoms with Crippen molar-refractivity contribution in [2.45, 2.75) is 45.1 Å². The minimum atomic E-state index is -0.0581. The topological polar surface area (TPSA) is 79.2 Å². The Kier molecular flexibility index (Phi) is 6.08.